The van der Waals surface area contributed by atoms with E-state index < -0.39 is 66.7 Å². The average molecular weight is 468 g/mol. The number of aliphatic hydroxyl groups is 1. The number of ether oxygens (including phenoxy) is 7. The number of esters is 3. The largest absolute Gasteiger partial charge is 0.454 e. The highest BCUT2D eigenvalue weighted by molar-refractivity contribution is 5.94. The summed E-state index contributed by atoms with van der Waals surface area (Å²) in [5.74, 6) is -2.58. The van der Waals surface area contributed by atoms with E-state index in [0.717, 1.165) is 24.3 Å². The number of ketones is 1. The molecule has 4 heterocycles. The summed E-state index contributed by atoms with van der Waals surface area (Å²) in [6.45, 7) is 1.58. The summed E-state index contributed by atoms with van der Waals surface area (Å²) in [6, 6.07) is 0. The number of aliphatic hydroxyl groups excluding tert-OH is 1. The summed E-state index contributed by atoms with van der Waals surface area (Å²) in [7, 11) is 0. The lowest BCUT2D eigenvalue weighted by Crippen LogP contribution is -2.35. The first kappa shape index (κ1) is 23.5. The van der Waals surface area contributed by atoms with Crippen LogP contribution >= 0.6 is 0 Å². The Labute approximate surface area is 188 Å². The Bertz CT molecular complexity index is 850. The van der Waals surface area contributed by atoms with Crippen molar-refractivity contribution >= 4 is 23.7 Å². The SMILES string of the molecule is CC(=O)/C=C\C(=O)O[C@H]1CO[C@H]2[C@@H]1OC[C@@H]2OC(=O)/C=C\C(=O)O[C@H]1CO[C@H]2[C@@H]1OC[C@@H]2O. The van der Waals surface area contributed by atoms with Crippen LogP contribution < -0.4 is 0 Å². The zero-order chi connectivity index (χ0) is 23.5. The second-order valence-electron chi connectivity index (χ2n) is 7.96. The first-order valence-electron chi connectivity index (χ1n) is 10.4. The van der Waals surface area contributed by atoms with Crippen LogP contribution in [-0.2, 0) is 52.3 Å². The lowest BCUT2D eigenvalue weighted by atomic mass is 10.1. The predicted octanol–water partition coefficient (Wildman–Crippen LogP) is -1.62. The Morgan fingerprint density at radius 2 is 1.00 bits per heavy atom. The fraction of sp³-hybridized carbons (Fsp3) is 0.619. The third-order valence-electron chi connectivity index (χ3n) is 5.56. The van der Waals surface area contributed by atoms with Crippen molar-refractivity contribution in [1.82, 2.24) is 0 Å². The molecule has 8 atom stereocenters. The summed E-state index contributed by atoms with van der Waals surface area (Å²) < 4.78 is 37.6. The van der Waals surface area contributed by atoms with Crippen LogP contribution in [0.2, 0.25) is 0 Å². The first-order valence-corrected chi connectivity index (χ1v) is 10.4. The molecule has 0 spiro atoms. The number of hydrogen-bond donors (Lipinski definition) is 1. The van der Waals surface area contributed by atoms with Gasteiger partial charge in [0, 0.05) is 18.2 Å². The molecule has 0 aromatic heterocycles. The highest BCUT2D eigenvalue weighted by Crippen LogP contribution is 2.31. The minimum Gasteiger partial charge on any atom is -0.454 e. The van der Waals surface area contributed by atoms with Crippen molar-refractivity contribution < 1.29 is 57.4 Å². The molecule has 12 nitrogen and oxygen atoms in total. The molecule has 0 saturated carbocycles. The van der Waals surface area contributed by atoms with E-state index in [9.17, 15) is 24.3 Å². The van der Waals surface area contributed by atoms with Crippen molar-refractivity contribution in [3.8, 4) is 0 Å². The van der Waals surface area contributed by atoms with E-state index in [4.69, 9.17) is 33.2 Å². The van der Waals surface area contributed by atoms with Gasteiger partial charge in [-0.15, -0.1) is 0 Å². The second kappa shape index (κ2) is 10.1. The van der Waals surface area contributed by atoms with Crippen LogP contribution in [0.1, 0.15) is 6.92 Å². The van der Waals surface area contributed by atoms with E-state index in [1.165, 1.54) is 6.92 Å². The number of allylic oxidation sites excluding steroid dienone is 1. The molecule has 0 radical (unpaired) electrons. The quantitative estimate of drug-likeness (QED) is 0.259. The molecule has 4 aliphatic heterocycles. The predicted molar refractivity (Wildman–Crippen MR) is 104 cm³/mol. The molecular formula is C21H24O12. The molecule has 4 fully saturated rings. The van der Waals surface area contributed by atoms with E-state index in [1.807, 2.05) is 0 Å². The molecule has 4 saturated heterocycles. The van der Waals surface area contributed by atoms with E-state index >= 15 is 0 Å². The standard InChI is InChI=1S/C21H24O12/c1-10(22)2-3-15(24)32-13-8-29-21-14(9-30-20(13)21)33-17(26)5-4-16(25)31-12-7-28-18-11(23)6-27-19(12)18/h2-5,11-14,18-21,23H,6-9H2,1H3/b3-2-,5-4-/t11-,12-,13-,14-,18+,19+,20+,21+/m0/s1. The van der Waals surface area contributed by atoms with Gasteiger partial charge in [0.1, 0.15) is 30.5 Å². The molecule has 0 unspecified atom stereocenters. The number of hydrogen-bond acceptors (Lipinski definition) is 12. The van der Waals surface area contributed by atoms with E-state index in [0.29, 0.717) is 0 Å². The number of rotatable bonds is 7. The van der Waals surface area contributed by atoms with E-state index in [2.05, 4.69) is 0 Å². The zero-order valence-electron chi connectivity index (χ0n) is 17.7. The van der Waals surface area contributed by atoms with Crippen molar-refractivity contribution in [1.29, 1.82) is 0 Å². The third-order valence-corrected chi connectivity index (χ3v) is 5.56. The molecule has 0 aliphatic carbocycles. The van der Waals surface area contributed by atoms with Crippen LogP contribution in [0.15, 0.2) is 24.3 Å². The molecule has 4 aliphatic rings. The molecule has 1 N–H and O–H groups in total. The van der Waals surface area contributed by atoms with Crippen molar-refractivity contribution in [2.45, 2.75) is 55.8 Å². The molecule has 180 valence electrons. The van der Waals surface area contributed by atoms with Crippen molar-refractivity contribution in [2.75, 3.05) is 26.4 Å². The fourth-order valence-corrected chi connectivity index (χ4v) is 4.06. The van der Waals surface area contributed by atoms with Crippen molar-refractivity contribution in [3.63, 3.8) is 0 Å². The molecule has 4 rings (SSSR count). The summed E-state index contributed by atoms with van der Waals surface area (Å²) in [5.41, 5.74) is 0. The van der Waals surface area contributed by atoms with Crippen LogP contribution in [0.4, 0.5) is 0 Å². The van der Waals surface area contributed by atoms with Crippen LogP contribution in [0.5, 0.6) is 0 Å². The van der Waals surface area contributed by atoms with Gasteiger partial charge in [-0.1, -0.05) is 0 Å². The zero-order valence-corrected chi connectivity index (χ0v) is 17.7. The molecule has 0 bridgehead atoms. The maximum Gasteiger partial charge on any atom is 0.331 e. The Morgan fingerprint density at radius 1 is 0.636 bits per heavy atom. The summed E-state index contributed by atoms with van der Waals surface area (Å²) >= 11 is 0. The molecule has 0 aromatic rings. The fourth-order valence-electron chi connectivity index (χ4n) is 4.06. The van der Waals surface area contributed by atoms with Gasteiger partial charge < -0.3 is 38.3 Å². The van der Waals surface area contributed by atoms with Crippen molar-refractivity contribution in [3.05, 3.63) is 24.3 Å². The van der Waals surface area contributed by atoms with Gasteiger partial charge in [-0.25, -0.2) is 14.4 Å². The van der Waals surface area contributed by atoms with Gasteiger partial charge in [0.05, 0.1) is 26.4 Å². The lowest BCUT2D eigenvalue weighted by Gasteiger charge is -2.16. The normalized spacial score (nSPS) is 37.3. The van der Waals surface area contributed by atoms with E-state index in [1.54, 1.807) is 0 Å². The van der Waals surface area contributed by atoms with E-state index in [-0.39, 0.29) is 32.2 Å². The highest BCUT2D eigenvalue weighted by Gasteiger charge is 2.51. The van der Waals surface area contributed by atoms with Gasteiger partial charge in [0.2, 0.25) is 0 Å². The maximum atomic E-state index is 12.1. The Balaban J connectivity index is 1.22. The average Bonchev–Trinajstić information content (AvgIpc) is 3.52. The Morgan fingerprint density at radius 3 is 1.45 bits per heavy atom. The van der Waals surface area contributed by atoms with Gasteiger partial charge >= 0.3 is 17.9 Å². The molecule has 33 heavy (non-hydrogen) atoms. The summed E-state index contributed by atoms with van der Waals surface area (Å²) in [6.07, 6.45) is -1.28. The summed E-state index contributed by atoms with van der Waals surface area (Å²) in [5, 5.41) is 9.71. The molecule has 0 aromatic carbocycles. The minimum absolute atomic E-state index is 0.0266. The first-order chi connectivity index (χ1) is 15.8. The minimum atomic E-state index is -0.803. The monoisotopic (exact) mass is 468 g/mol. The molecule has 12 heteroatoms. The maximum absolute atomic E-state index is 12.1. The van der Waals surface area contributed by atoms with Gasteiger partial charge in [0.25, 0.3) is 0 Å². The molecular weight excluding hydrogens is 444 g/mol. The lowest BCUT2D eigenvalue weighted by molar-refractivity contribution is -0.151. The Kier molecular flexibility index (Phi) is 7.20. The molecule has 0 amide bonds. The number of carbonyl (C=O) groups excluding carboxylic acids is 4. The Hall–Kier alpha value is -2.64. The van der Waals surface area contributed by atoms with Crippen molar-refractivity contribution in [2.24, 2.45) is 0 Å². The smallest absolute Gasteiger partial charge is 0.331 e. The van der Waals surface area contributed by atoms with Gasteiger partial charge in [-0.3, -0.25) is 4.79 Å². The van der Waals surface area contributed by atoms with Gasteiger partial charge in [-0.05, 0) is 13.0 Å². The van der Waals surface area contributed by atoms with Crippen LogP contribution in [0, 0.1) is 0 Å². The summed E-state index contributed by atoms with van der Waals surface area (Å²) in [4.78, 5) is 46.8. The number of carbonyl (C=O) groups is 4. The van der Waals surface area contributed by atoms with Crippen LogP contribution in [0.25, 0.3) is 0 Å². The van der Waals surface area contributed by atoms with Crippen LogP contribution in [-0.4, -0.2) is 104 Å². The van der Waals surface area contributed by atoms with Gasteiger partial charge in [-0.2, -0.15) is 0 Å². The highest BCUT2D eigenvalue weighted by atomic mass is 16.7. The third kappa shape index (κ3) is 5.47. The van der Waals surface area contributed by atoms with Crippen LogP contribution in [0.3, 0.4) is 0 Å². The second-order valence-corrected chi connectivity index (χ2v) is 7.96. The van der Waals surface area contributed by atoms with Gasteiger partial charge in [0.15, 0.2) is 24.1 Å². The number of fused-ring (bicyclic) bond motifs is 2. The topological polar surface area (TPSA) is 153 Å².